The fourth-order valence-corrected chi connectivity index (χ4v) is 8.82. The maximum absolute atomic E-state index is 14.0. The molecule has 4 rings (SSSR count). The van der Waals surface area contributed by atoms with Gasteiger partial charge in [0.05, 0.1) is 49.1 Å². The average Bonchev–Trinajstić information content (AvgIpc) is 3.36. The maximum atomic E-state index is 14.0. The largest absolute Gasteiger partial charge is 0.466 e. The molecule has 0 radical (unpaired) electrons. The summed E-state index contributed by atoms with van der Waals surface area (Å²) in [7, 11) is 0. The van der Waals surface area contributed by atoms with Gasteiger partial charge >= 0.3 is 5.97 Å². The normalized spacial score (nSPS) is 36.1. The smallest absolute Gasteiger partial charge is 0.311 e. The van der Waals surface area contributed by atoms with Crippen molar-refractivity contribution >= 4 is 29.5 Å². The fraction of sp³-hybridized carbons (Fsp3) is 0.875. The Balaban J connectivity index is 1.62. The number of carbonyl (C=O) groups excluding carboxylic acids is 3. The number of likely N-dealkylation sites (tertiary alicyclic amines) is 1. The number of hydrogen-bond acceptors (Lipinski definition) is 8. The number of fused-ring (bicyclic) bond motifs is 1. The van der Waals surface area contributed by atoms with E-state index in [-0.39, 0.29) is 36.9 Å². The van der Waals surface area contributed by atoms with E-state index in [9.17, 15) is 19.5 Å². The van der Waals surface area contributed by atoms with Crippen LogP contribution < -0.4 is 5.32 Å². The van der Waals surface area contributed by atoms with Crippen LogP contribution in [0.4, 0.5) is 0 Å². The zero-order valence-electron chi connectivity index (χ0n) is 20.7. The fourth-order valence-electron chi connectivity index (χ4n) is 6.49. The van der Waals surface area contributed by atoms with Gasteiger partial charge < -0.3 is 24.8 Å². The summed E-state index contributed by atoms with van der Waals surface area (Å²) in [5, 5.41) is 13.3. The van der Waals surface area contributed by atoms with Gasteiger partial charge in [-0.3, -0.25) is 19.3 Å². The zero-order chi connectivity index (χ0) is 24.7. The van der Waals surface area contributed by atoms with Crippen molar-refractivity contribution in [2.24, 2.45) is 17.8 Å². The lowest BCUT2D eigenvalue weighted by molar-refractivity contribution is -0.155. The van der Waals surface area contributed by atoms with Crippen LogP contribution in [0.1, 0.15) is 40.5 Å². The molecule has 9 nitrogen and oxygen atoms in total. The molecule has 192 valence electrons. The van der Waals surface area contributed by atoms with Crippen molar-refractivity contribution in [2.75, 3.05) is 52.6 Å². The average molecular weight is 498 g/mol. The lowest BCUT2D eigenvalue weighted by Crippen LogP contribution is -2.58. The van der Waals surface area contributed by atoms with Gasteiger partial charge in [-0.1, -0.05) is 13.8 Å². The van der Waals surface area contributed by atoms with E-state index < -0.39 is 33.4 Å². The number of nitrogens with zero attached hydrogens (tertiary/aromatic N) is 2. The molecule has 0 aromatic carbocycles. The van der Waals surface area contributed by atoms with E-state index >= 15 is 0 Å². The summed E-state index contributed by atoms with van der Waals surface area (Å²) in [5.41, 5.74) is 0. The van der Waals surface area contributed by atoms with Crippen LogP contribution in [0, 0.1) is 17.8 Å². The molecular weight excluding hydrogens is 458 g/mol. The van der Waals surface area contributed by atoms with Gasteiger partial charge in [0.25, 0.3) is 0 Å². The van der Waals surface area contributed by atoms with E-state index in [4.69, 9.17) is 9.47 Å². The number of aliphatic hydroxyl groups excluding tert-OH is 1. The Morgan fingerprint density at radius 2 is 2.00 bits per heavy atom. The van der Waals surface area contributed by atoms with Crippen LogP contribution in [0.15, 0.2) is 0 Å². The van der Waals surface area contributed by atoms with Gasteiger partial charge in [-0.15, -0.1) is 11.8 Å². The number of morpholine rings is 1. The molecule has 2 bridgehead atoms. The van der Waals surface area contributed by atoms with Crippen molar-refractivity contribution < 1.29 is 29.0 Å². The molecular formula is C24H39N3O6S. The standard InChI is InChI=1S/C24H39N3O6S/c1-5-33-22(31)18-17-21(30)27(16(14-28)15(2)3)19(24(17)7-6-23(18,4)34-24)20(29)25-8-9-26-10-12-32-13-11-26/h15-19,28H,5-14H2,1-4H3,(H,25,29)/t16-,17-,18+,19?,23-,24?/m0/s1. The van der Waals surface area contributed by atoms with Crippen LogP contribution in [0.5, 0.6) is 0 Å². The van der Waals surface area contributed by atoms with E-state index in [1.54, 1.807) is 23.6 Å². The van der Waals surface area contributed by atoms with Crippen molar-refractivity contribution in [1.29, 1.82) is 0 Å². The topological polar surface area (TPSA) is 108 Å². The van der Waals surface area contributed by atoms with E-state index in [1.165, 1.54) is 0 Å². The number of esters is 1. The second-order valence-corrected chi connectivity index (χ2v) is 12.4. The predicted molar refractivity (Wildman–Crippen MR) is 128 cm³/mol. The molecule has 4 saturated heterocycles. The molecule has 2 N–H and O–H groups in total. The molecule has 4 aliphatic heterocycles. The molecule has 0 aliphatic carbocycles. The second kappa shape index (κ2) is 9.95. The van der Waals surface area contributed by atoms with E-state index in [0.717, 1.165) is 26.1 Å². The Kier molecular flexibility index (Phi) is 7.53. The number of thioether (sulfide) groups is 1. The number of amides is 2. The highest BCUT2D eigenvalue weighted by Crippen LogP contribution is 2.71. The maximum Gasteiger partial charge on any atom is 0.311 e. The van der Waals surface area contributed by atoms with Crippen LogP contribution >= 0.6 is 11.8 Å². The first-order valence-electron chi connectivity index (χ1n) is 12.6. The molecule has 1 spiro atoms. The summed E-state index contributed by atoms with van der Waals surface area (Å²) in [6.07, 6.45) is 1.44. The minimum Gasteiger partial charge on any atom is -0.466 e. The lowest BCUT2D eigenvalue weighted by Gasteiger charge is -2.38. The van der Waals surface area contributed by atoms with Crippen LogP contribution in [0.3, 0.4) is 0 Å². The molecule has 6 atom stereocenters. The number of nitrogens with one attached hydrogen (secondary N) is 1. The molecule has 4 heterocycles. The molecule has 2 unspecified atom stereocenters. The molecule has 0 aromatic rings. The third-order valence-corrected chi connectivity index (χ3v) is 10.1. The molecule has 0 aromatic heterocycles. The van der Waals surface area contributed by atoms with Gasteiger partial charge in [0, 0.05) is 30.9 Å². The number of aliphatic hydroxyl groups is 1. The summed E-state index contributed by atoms with van der Waals surface area (Å²) < 4.78 is 9.68. The van der Waals surface area contributed by atoms with Crippen molar-refractivity contribution in [3.05, 3.63) is 0 Å². The number of hydrogen-bond donors (Lipinski definition) is 2. The van der Waals surface area contributed by atoms with E-state index in [0.29, 0.717) is 26.2 Å². The summed E-state index contributed by atoms with van der Waals surface area (Å²) in [5.74, 6) is -1.97. The summed E-state index contributed by atoms with van der Waals surface area (Å²) >= 11 is 1.63. The molecule has 0 saturated carbocycles. The first-order chi connectivity index (χ1) is 16.2. The highest BCUT2D eigenvalue weighted by Gasteiger charge is 2.78. The summed E-state index contributed by atoms with van der Waals surface area (Å²) in [4.78, 5) is 44.6. The quantitative estimate of drug-likeness (QED) is 0.444. The molecule has 4 fully saturated rings. The van der Waals surface area contributed by atoms with Crippen molar-refractivity contribution in [3.8, 4) is 0 Å². The van der Waals surface area contributed by atoms with Gasteiger partial charge in [-0.05, 0) is 32.6 Å². The van der Waals surface area contributed by atoms with Crippen molar-refractivity contribution in [3.63, 3.8) is 0 Å². The zero-order valence-corrected chi connectivity index (χ0v) is 21.6. The molecule has 4 aliphatic rings. The molecule has 10 heteroatoms. The highest BCUT2D eigenvalue weighted by molar-refractivity contribution is 8.02. The molecule has 34 heavy (non-hydrogen) atoms. The molecule has 2 amide bonds. The van der Waals surface area contributed by atoms with Crippen LogP contribution in [0.2, 0.25) is 0 Å². The van der Waals surface area contributed by atoms with Crippen LogP contribution in [-0.2, 0) is 23.9 Å². The Hall–Kier alpha value is -1.36. The minimum absolute atomic E-state index is 0.0355. The predicted octanol–water partition coefficient (Wildman–Crippen LogP) is 0.496. The van der Waals surface area contributed by atoms with Crippen LogP contribution in [0.25, 0.3) is 0 Å². The SMILES string of the molecule is CCOC(=O)[C@H]1[C@H]2C(=O)N([C@@H](CO)C(C)C)C(C(=O)NCCN3CCOCC3)C23CC[C@]1(C)S3. The van der Waals surface area contributed by atoms with Gasteiger partial charge in [0.1, 0.15) is 6.04 Å². The van der Waals surface area contributed by atoms with Gasteiger partial charge in [-0.2, -0.15) is 0 Å². The van der Waals surface area contributed by atoms with Gasteiger partial charge in [0.15, 0.2) is 0 Å². The Morgan fingerprint density at radius 3 is 2.62 bits per heavy atom. The lowest BCUT2D eigenvalue weighted by atomic mass is 9.66. The third-order valence-electron chi connectivity index (χ3n) is 8.15. The first-order valence-corrected chi connectivity index (χ1v) is 13.4. The third kappa shape index (κ3) is 4.14. The monoisotopic (exact) mass is 497 g/mol. The first kappa shape index (κ1) is 25.7. The number of ether oxygens (including phenoxy) is 2. The second-order valence-electron chi connectivity index (χ2n) is 10.5. The van der Waals surface area contributed by atoms with Crippen molar-refractivity contribution in [1.82, 2.24) is 15.1 Å². The van der Waals surface area contributed by atoms with Crippen LogP contribution in [-0.4, -0.2) is 107 Å². The van der Waals surface area contributed by atoms with Gasteiger partial charge in [0.2, 0.25) is 11.8 Å². The number of carbonyl (C=O) groups is 3. The number of rotatable bonds is 9. The Labute approximate surface area is 206 Å². The van der Waals surface area contributed by atoms with Crippen molar-refractivity contribution in [2.45, 2.75) is 62.1 Å². The van der Waals surface area contributed by atoms with Gasteiger partial charge in [-0.25, -0.2) is 0 Å². The highest BCUT2D eigenvalue weighted by atomic mass is 32.2. The summed E-state index contributed by atoms with van der Waals surface area (Å²) in [6.45, 7) is 12.0. The Morgan fingerprint density at radius 1 is 1.29 bits per heavy atom. The van der Waals surface area contributed by atoms with E-state index in [2.05, 4.69) is 10.2 Å². The van der Waals surface area contributed by atoms with E-state index in [1.807, 2.05) is 20.8 Å². The summed E-state index contributed by atoms with van der Waals surface area (Å²) in [6, 6.07) is -1.21. The Bertz CT molecular complexity index is 806. The minimum atomic E-state index is -0.722.